The van der Waals surface area contributed by atoms with Gasteiger partial charge >= 0.3 is 0 Å². The van der Waals surface area contributed by atoms with Crippen molar-refractivity contribution in [3.8, 4) is 11.3 Å². The number of benzene rings is 2. The molecule has 0 saturated heterocycles. The fourth-order valence-corrected chi connectivity index (χ4v) is 3.80. The number of rotatable bonds is 3. The van der Waals surface area contributed by atoms with E-state index in [-0.39, 0.29) is 6.10 Å². The minimum atomic E-state index is -0.330. The molecule has 1 aromatic heterocycles. The van der Waals surface area contributed by atoms with Crippen LogP contribution in [0, 0.1) is 5.92 Å². The van der Waals surface area contributed by atoms with Gasteiger partial charge < -0.3 is 5.11 Å². The predicted octanol–water partition coefficient (Wildman–Crippen LogP) is 5.52. The Hall–Kier alpha value is -2.19. The summed E-state index contributed by atoms with van der Waals surface area (Å²) < 4.78 is 0. The van der Waals surface area contributed by atoms with Crippen molar-refractivity contribution in [1.29, 1.82) is 0 Å². The normalized spacial score (nSPS) is 17.0. The van der Waals surface area contributed by atoms with Crippen molar-refractivity contribution < 1.29 is 5.11 Å². The first-order valence-electron chi connectivity index (χ1n) is 8.95. The van der Waals surface area contributed by atoms with Gasteiger partial charge in [-0.3, -0.25) is 0 Å². The first kappa shape index (κ1) is 15.3. The van der Waals surface area contributed by atoms with Crippen LogP contribution in [0.5, 0.6) is 0 Å². The Morgan fingerprint density at radius 1 is 0.833 bits per heavy atom. The van der Waals surface area contributed by atoms with Gasteiger partial charge in [0, 0.05) is 10.9 Å². The number of hydrogen-bond donors (Lipinski definition) is 1. The molecule has 2 aromatic carbocycles. The zero-order valence-electron chi connectivity index (χ0n) is 13.9. The second-order valence-electron chi connectivity index (χ2n) is 6.85. The van der Waals surface area contributed by atoms with Crippen LogP contribution in [0.2, 0.25) is 0 Å². The molecule has 4 rings (SSSR count). The molecule has 3 aromatic rings. The molecule has 1 atom stereocenters. The van der Waals surface area contributed by atoms with Crippen LogP contribution in [0.1, 0.15) is 43.8 Å². The molecule has 0 bridgehead atoms. The van der Waals surface area contributed by atoms with E-state index in [0.717, 1.165) is 40.6 Å². The first-order valence-corrected chi connectivity index (χ1v) is 8.95. The van der Waals surface area contributed by atoms with Crippen molar-refractivity contribution in [2.75, 3.05) is 0 Å². The average Bonchev–Trinajstić information content (AvgIpc) is 2.68. The van der Waals surface area contributed by atoms with Crippen LogP contribution in [0.15, 0.2) is 60.7 Å². The lowest BCUT2D eigenvalue weighted by molar-refractivity contribution is 0.0848. The van der Waals surface area contributed by atoms with Crippen molar-refractivity contribution >= 4 is 10.9 Å². The number of fused-ring (bicyclic) bond motifs is 1. The highest BCUT2D eigenvalue weighted by Crippen LogP contribution is 2.34. The Morgan fingerprint density at radius 3 is 2.38 bits per heavy atom. The molecule has 1 saturated carbocycles. The van der Waals surface area contributed by atoms with Crippen molar-refractivity contribution in [3.05, 3.63) is 66.2 Å². The largest absolute Gasteiger partial charge is 0.388 e. The summed E-state index contributed by atoms with van der Waals surface area (Å²) in [6, 6.07) is 20.6. The van der Waals surface area contributed by atoms with E-state index in [1.807, 2.05) is 18.2 Å². The summed E-state index contributed by atoms with van der Waals surface area (Å²) in [5.74, 6) is 0.420. The van der Waals surface area contributed by atoms with Crippen LogP contribution in [-0.2, 0) is 0 Å². The van der Waals surface area contributed by atoms with E-state index in [4.69, 9.17) is 4.98 Å². The van der Waals surface area contributed by atoms with E-state index < -0.39 is 0 Å². The molecule has 0 spiro atoms. The van der Waals surface area contributed by atoms with Crippen LogP contribution in [0.25, 0.3) is 22.2 Å². The zero-order chi connectivity index (χ0) is 16.4. The van der Waals surface area contributed by atoms with Crippen LogP contribution in [0.4, 0.5) is 0 Å². The molecule has 1 N–H and O–H groups in total. The SMILES string of the molecule is OC(c1ccc(-c2ccc3ccccc3n2)cc1)C1CCCCC1. The first-order chi connectivity index (χ1) is 11.8. The smallest absolute Gasteiger partial charge is 0.0818 e. The Morgan fingerprint density at radius 2 is 1.58 bits per heavy atom. The highest BCUT2D eigenvalue weighted by atomic mass is 16.3. The molecule has 2 nitrogen and oxygen atoms in total. The third kappa shape index (κ3) is 3.07. The van der Waals surface area contributed by atoms with Gasteiger partial charge in [-0.25, -0.2) is 4.98 Å². The molecule has 1 unspecified atom stereocenters. The van der Waals surface area contributed by atoms with Crippen molar-refractivity contribution in [1.82, 2.24) is 4.98 Å². The van der Waals surface area contributed by atoms with Gasteiger partial charge in [0.05, 0.1) is 17.3 Å². The monoisotopic (exact) mass is 317 g/mol. The molecule has 1 aliphatic carbocycles. The zero-order valence-corrected chi connectivity index (χ0v) is 13.9. The summed E-state index contributed by atoms with van der Waals surface area (Å²) >= 11 is 0. The number of para-hydroxylation sites is 1. The Labute approximate surface area is 143 Å². The fraction of sp³-hybridized carbons (Fsp3) is 0.318. The van der Waals surface area contributed by atoms with Crippen molar-refractivity contribution in [2.24, 2.45) is 5.92 Å². The molecule has 1 aliphatic rings. The molecule has 2 heteroatoms. The van der Waals surface area contributed by atoms with Gasteiger partial charge in [0.25, 0.3) is 0 Å². The molecular formula is C22H23NO. The number of aliphatic hydroxyl groups excluding tert-OH is 1. The maximum atomic E-state index is 10.6. The summed E-state index contributed by atoms with van der Waals surface area (Å²) in [5.41, 5.74) is 4.13. The summed E-state index contributed by atoms with van der Waals surface area (Å²) in [6.45, 7) is 0. The minimum Gasteiger partial charge on any atom is -0.388 e. The van der Waals surface area contributed by atoms with E-state index in [9.17, 15) is 5.11 Å². The van der Waals surface area contributed by atoms with Gasteiger partial charge in [0.15, 0.2) is 0 Å². The molecule has 24 heavy (non-hydrogen) atoms. The number of pyridine rings is 1. The van der Waals surface area contributed by atoms with Gasteiger partial charge in [-0.05, 0) is 36.5 Å². The summed E-state index contributed by atoms with van der Waals surface area (Å²) in [7, 11) is 0. The molecule has 0 aliphatic heterocycles. The second-order valence-corrected chi connectivity index (χ2v) is 6.85. The van der Waals surface area contributed by atoms with E-state index in [2.05, 4.69) is 42.5 Å². The lowest BCUT2D eigenvalue weighted by Crippen LogP contribution is -2.15. The Kier molecular flexibility index (Phi) is 4.31. The molecular weight excluding hydrogens is 294 g/mol. The fourth-order valence-electron chi connectivity index (χ4n) is 3.80. The van der Waals surface area contributed by atoms with Gasteiger partial charge in [-0.2, -0.15) is 0 Å². The lowest BCUT2D eigenvalue weighted by Gasteiger charge is -2.26. The van der Waals surface area contributed by atoms with Gasteiger partial charge in [0.1, 0.15) is 0 Å². The number of aliphatic hydroxyl groups is 1. The predicted molar refractivity (Wildman–Crippen MR) is 98.7 cm³/mol. The Balaban J connectivity index is 1.58. The highest BCUT2D eigenvalue weighted by molar-refractivity contribution is 5.81. The quantitative estimate of drug-likeness (QED) is 0.690. The molecule has 1 fully saturated rings. The van der Waals surface area contributed by atoms with Gasteiger partial charge in [-0.15, -0.1) is 0 Å². The van der Waals surface area contributed by atoms with E-state index in [0.29, 0.717) is 5.92 Å². The number of nitrogens with zero attached hydrogens (tertiary/aromatic N) is 1. The van der Waals surface area contributed by atoms with Crippen molar-refractivity contribution in [3.63, 3.8) is 0 Å². The number of aromatic nitrogens is 1. The van der Waals surface area contributed by atoms with E-state index >= 15 is 0 Å². The topological polar surface area (TPSA) is 33.1 Å². The maximum Gasteiger partial charge on any atom is 0.0818 e. The average molecular weight is 317 g/mol. The second kappa shape index (κ2) is 6.74. The molecule has 1 heterocycles. The molecule has 122 valence electrons. The third-order valence-corrected chi connectivity index (χ3v) is 5.24. The standard InChI is InChI=1S/C22H23NO/c24-22(18-7-2-1-3-8-18)19-12-10-17(11-13-19)21-15-14-16-6-4-5-9-20(16)23-21/h4-6,9-15,18,22,24H,1-3,7-8H2. The van der Waals surface area contributed by atoms with Crippen LogP contribution < -0.4 is 0 Å². The van der Waals surface area contributed by atoms with Gasteiger partial charge in [-0.1, -0.05) is 67.8 Å². The molecule has 0 amide bonds. The van der Waals surface area contributed by atoms with E-state index in [1.54, 1.807) is 0 Å². The van der Waals surface area contributed by atoms with Crippen LogP contribution in [-0.4, -0.2) is 10.1 Å². The Bertz CT molecular complexity index is 819. The summed E-state index contributed by atoms with van der Waals surface area (Å²) in [4.78, 5) is 4.75. The highest BCUT2D eigenvalue weighted by Gasteiger charge is 2.22. The minimum absolute atomic E-state index is 0.330. The number of hydrogen-bond acceptors (Lipinski definition) is 2. The van der Waals surface area contributed by atoms with Gasteiger partial charge in [0.2, 0.25) is 0 Å². The van der Waals surface area contributed by atoms with Crippen LogP contribution >= 0.6 is 0 Å². The lowest BCUT2D eigenvalue weighted by atomic mass is 9.82. The van der Waals surface area contributed by atoms with Crippen molar-refractivity contribution in [2.45, 2.75) is 38.2 Å². The summed E-state index contributed by atoms with van der Waals surface area (Å²) in [5, 5.41) is 11.8. The summed E-state index contributed by atoms with van der Waals surface area (Å²) in [6.07, 6.45) is 5.78. The van der Waals surface area contributed by atoms with E-state index in [1.165, 1.54) is 19.3 Å². The molecule has 0 radical (unpaired) electrons. The third-order valence-electron chi connectivity index (χ3n) is 5.24. The maximum absolute atomic E-state index is 10.6. The van der Waals surface area contributed by atoms with Crippen LogP contribution in [0.3, 0.4) is 0 Å².